The summed E-state index contributed by atoms with van der Waals surface area (Å²) in [5, 5.41) is 4.14. The van der Waals surface area contributed by atoms with Crippen LogP contribution in [0, 0.1) is 19.8 Å². The normalized spacial score (nSPS) is 16.2. The van der Waals surface area contributed by atoms with Crippen LogP contribution in [0.15, 0.2) is 41.1 Å². The van der Waals surface area contributed by atoms with Crippen LogP contribution in [0.25, 0.3) is 11.1 Å². The lowest BCUT2D eigenvalue weighted by Gasteiger charge is -2.32. The van der Waals surface area contributed by atoms with Crippen LogP contribution in [0.1, 0.15) is 42.6 Å². The highest BCUT2D eigenvalue weighted by Gasteiger charge is 2.27. The van der Waals surface area contributed by atoms with E-state index in [2.05, 4.69) is 39.2 Å². The number of amides is 1. The van der Waals surface area contributed by atoms with Crippen molar-refractivity contribution in [1.82, 2.24) is 15.3 Å². The number of aryl methyl sites for hydroxylation is 2. The van der Waals surface area contributed by atoms with Crippen LogP contribution >= 0.6 is 0 Å². The molecule has 3 heterocycles. The van der Waals surface area contributed by atoms with Crippen LogP contribution < -0.4 is 10.2 Å². The van der Waals surface area contributed by atoms with Crippen LogP contribution in [0.5, 0.6) is 0 Å². The Morgan fingerprint density at radius 3 is 2.66 bits per heavy atom. The van der Waals surface area contributed by atoms with E-state index in [1.807, 2.05) is 32.0 Å². The quantitative estimate of drug-likeness (QED) is 0.711. The van der Waals surface area contributed by atoms with Gasteiger partial charge in [-0.05, 0) is 38.2 Å². The Morgan fingerprint density at radius 2 is 1.93 bits per heavy atom. The number of nitrogens with one attached hydrogen (secondary N) is 1. The molecule has 1 fully saturated rings. The Labute approximate surface area is 171 Å². The number of carbonyl (C=O) groups is 1. The van der Waals surface area contributed by atoms with Gasteiger partial charge in [-0.25, -0.2) is 9.97 Å². The lowest BCUT2D eigenvalue weighted by atomic mass is 9.95. The van der Waals surface area contributed by atoms with E-state index in [-0.39, 0.29) is 11.8 Å². The second-order valence-corrected chi connectivity index (χ2v) is 7.98. The van der Waals surface area contributed by atoms with Crippen molar-refractivity contribution in [3.8, 4) is 0 Å². The molecule has 1 saturated heterocycles. The summed E-state index contributed by atoms with van der Waals surface area (Å²) in [5.74, 6) is 2.32. The number of anilines is 1. The van der Waals surface area contributed by atoms with Crippen LogP contribution in [-0.2, 0) is 4.79 Å². The lowest BCUT2D eigenvalue weighted by Crippen LogP contribution is -2.41. The van der Waals surface area contributed by atoms with Gasteiger partial charge in [0.15, 0.2) is 0 Å². The van der Waals surface area contributed by atoms with E-state index in [9.17, 15) is 4.79 Å². The standard InChI is InChI=1S/C23H28N4O2/c1-15(18-7-5-4-6-8-18)13-24-22(28)19-9-11-27(12-10-19)21-20-16(2)17(3)29-23(20)26-14-25-21/h4-8,14-15,19H,9-13H2,1-3H3,(H,24,28)/t15-/m0/s1. The van der Waals surface area contributed by atoms with E-state index in [1.54, 1.807) is 6.33 Å². The Balaban J connectivity index is 1.35. The van der Waals surface area contributed by atoms with Gasteiger partial charge >= 0.3 is 0 Å². The number of nitrogens with zero attached hydrogens (tertiary/aromatic N) is 3. The molecule has 0 spiro atoms. The van der Waals surface area contributed by atoms with E-state index < -0.39 is 0 Å². The number of fused-ring (bicyclic) bond motifs is 1. The molecule has 1 aliphatic heterocycles. The average molecular weight is 393 g/mol. The number of carbonyl (C=O) groups excluding carboxylic acids is 1. The zero-order chi connectivity index (χ0) is 20.4. The third kappa shape index (κ3) is 3.97. The summed E-state index contributed by atoms with van der Waals surface area (Å²) in [7, 11) is 0. The summed E-state index contributed by atoms with van der Waals surface area (Å²) < 4.78 is 5.74. The number of furan rings is 1. The van der Waals surface area contributed by atoms with Crippen molar-refractivity contribution in [2.45, 2.75) is 39.5 Å². The van der Waals surface area contributed by atoms with Gasteiger partial charge < -0.3 is 14.6 Å². The first kappa shape index (κ1) is 19.4. The van der Waals surface area contributed by atoms with Crippen molar-refractivity contribution in [1.29, 1.82) is 0 Å². The van der Waals surface area contributed by atoms with Gasteiger partial charge in [-0.1, -0.05) is 37.3 Å². The van der Waals surface area contributed by atoms with Gasteiger partial charge in [0.25, 0.3) is 0 Å². The van der Waals surface area contributed by atoms with Crippen LogP contribution in [-0.4, -0.2) is 35.5 Å². The van der Waals surface area contributed by atoms with E-state index >= 15 is 0 Å². The van der Waals surface area contributed by atoms with E-state index in [4.69, 9.17) is 4.42 Å². The fourth-order valence-electron chi connectivity index (χ4n) is 4.05. The molecule has 6 heteroatoms. The molecular weight excluding hydrogens is 364 g/mol. The molecule has 29 heavy (non-hydrogen) atoms. The minimum absolute atomic E-state index is 0.0544. The van der Waals surface area contributed by atoms with Gasteiger partial charge in [0.1, 0.15) is 17.9 Å². The molecule has 0 unspecified atom stereocenters. The maximum absolute atomic E-state index is 12.7. The Kier molecular flexibility index (Phi) is 5.51. The molecule has 6 nitrogen and oxygen atoms in total. The van der Waals surface area contributed by atoms with Gasteiger partial charge in [0.2, 0.25) is 11.6 Å². The third-order valence-electron chi connectivity index (χ3n) is 6.06. The number of rotatable bonds is 5. The first-order valence-corrected chi connectivity index (χ1v) is 10.3. The van der Waals surface area contributed by atoms with Crippen molar-refractivity contribution in [3.05, 3.63) is 53.5 Å². The SMILES string of the molecule is Cc1oc2ncnc(N3CCC(C(=O)NC[C@H](C)c4ccccc4)CC3)c2c1C. The zero-order valence-electron chi connectivity index (χ0n) is 17.3. The maximum atomic E-state index is 12.7. The van der Waals surface area contributed by atoms with Gasteiger partial charge in [-0.3, -0.25) is 4.79 Å². The first-order chi connectivity index (χ1) is 14.0. The molecule has 152 valence electrons. The van der Waals surface area contributed by atoms with Crippen LogP contribution in [0.3, 0.4) is 0 Å². The van der Waals surface area contributed by atoms with E-state index in [1.165, 1.54) is 5.56 Å². The fraction of sp³-hybridized carbons (Fsp3) is 0.435. The Bertz CT molecular complexity index is 991. The molecule has 0 aliphatic carbocycles. The van der Waals surface area contributed by atoms with Crippen LogP contribution in [0.2, 0.25) is 0 Å². The molecule has 1 aromatic carbocycles. The molecule has 3 aromatic rings. The number of benzene rings is 1. The molecule has 0 bridgehead atoms. The van der Waals surface area contributed by atoms with Gasteiger partial charge in [-0.2, -0.15) is 0 Å². The smallest absolute Gasteiger partial charge is 0.231 e. The van der Waals surface area contributed by atoms with Crippen molar-refractivity contribution < 1.29 is 9.21 Å². The van der Waals surface area contributed by atoms with Crippen molar-refractivity contribution >= 4 is 22.8 Å². The molecule has 4 rings (SSSR count). The van der Waals surface area contributed by atoms with Crippen molar-refractivity contribution in [2.75, 3.05) is 24.5 Å². The number of aromatic nitrogens is 2. The lowest BCUT2D eigenvalue weighted by molar-refractivity contribution is -0.125. The fourth-order valence-corrected chi connectivity index (χ4v) is 4.05. The number of hydrogen-bond acceptors (Lipinski definition) is 5. The number of piperidine rings is 1. The van der Waals surface area contributed by atoms with Crippen molar-refractivity contribution in [2.24, 2.45) is 5.92 Å². The Hall–Kier alpha value is -2.89. The van der Waals surface area contributed by atoms with E-state index in [0.717, 1.165) is 48.5 Å². The minimum Gasteiger partial charge on any atom is -0.443 e. The Morgan fingerprint density at radius 1 is 1.21 bits per heavy atom. The molecule has 2 aromatic heterocycles. The molecule has 1 amide bonds. The molecular formula is C23H28N4O2. The molecule has 0 saturated carbocycles. The second-order valence-electron chi connectivity index (χ2n) is 7.98. The molecule has 0 radical (unpaired) electrons. The molecule has 1 atom stereocenters. The summed E-state index contributed by atoms with van der Waals surface area (Å²) in [5.41, 5.74) is 2.98. The topological polar surface area (TPSA) is 71.3 Å². The summed E-state index contributed by atoms with van der Waals surface area (Å²) in [6, 6.07) is 10.3. The molecule has 1 N–H and O–H groups in total. The third-order valence-corrected chi connectivity index (χ3v) is 6.06. The highest BCUT2D eigenvalue weighted by molar-refractivity contribution is 5.90. The van der Waals surface area contributed by atoms with Gasteiger partial charge in [-0.15, -0.1) is 0 Å². The predicted octanol–water partition coefficient (Wildman–Crippen LogP) is 3.98. The minimum atomic E-state index is 0.0544. The van der Waals surface area contributed by atoms with E-state index in [0.29, 0.717) is 18.2 Å². The highest BCUT2D eigenvalue weighted by Crippen LogP contribution is 2.32. The summed E-state index contributed by atoms with van der Waals surface area (Å²) in [6.07, 6.45) is 3.21. The summed E-state index contributed by atoms with van der Waals surface area (Å²) in [4.78, 5) is 23.7. The molecule has 1 aliphatic rings. The summed E-state index contributed by atoms with van der Waals surface area (Å²) in [6.45, 7) is 8.43. The summed E-state index contributed by atoms with van der Waals surface area (Å²) >= 11 is 0. The average Bonchev–Trinajstić information content (AvgIpc) is 3.06. The monoisotopic (exact) mass is 392 g/mol. The maximum Gasteiger partial charge on any atom is 0.231 e. The first-order valence-electron chi connectivity index (χ1n) is 10.3. The highest BCUT2D eigenvalue weighted by atomic mass is 16.3. The van der Waals surface area contributed by atoms with Crippen LogP contribution in [0.4, 0.5) is 5.82 Å². The predicted molar refractivity (Wildman–Crippen MR) is 114 cm³/mol. The number of hydrogen-bond donors (Lipinski definition) is 1. The largest absolute Gasteiger partial charge is 0.443 e. The van der Waals surface area contributed by atoms with Gasteiger partial charge in [0, 0.05) is 31.1 Å². The van der Waals surface area contributed by atoms with Crippen molar-refractivity contribution in [3.63, 3.8) is 0 Å². The second kappa shape index (κ2) is 8.23. The van der Waals surface area contributed by atoms with Gasteiger partial charge in [0.05, 0.1) is 5.39 Å². The zero-order valence-corrected chi connectivity index (χ0v) is 17.3.